The number of rotatable bonds is 3. The Hall–Kier alpha value is -2.62. The molecular formula is C21H23N3O. The molecule has 1 amide bonds. The molecule has 4 heteroatoms. The van der Waals surface area contributed by atoms with Crippen molar-refractivity contribution in [1.29, 1.82) is 0 Å². The zero-order chi connectivity index (χ0) is 17.4. The van der Waals surface area contributed by atoms with Gasteiger partial charge < -0.3 is 9.88 Å². The normalized spacial score (nSPS) is 16.6. The number of amides is 1. The first-order valence-corrected chi connectivity index (χ1v) is 8.88. The minimum absolute atomic E-state index is 0.0619. The van der Waals surface area contributed by atoms with Crippen LogP contribution in [0.3, 0.4) is 0 Å². The summed E-state index contributed by atoms with van der Waals surface area (Å²) in [5, 5.41) is 3.09. The van der Waals surface area contributed by atoms with Crippen molar-refractivity contribution in [3.05, 3.63) is 65.0 Å². The van der Waals surface area contributed by atoms with E-state index >= 15 is 0 Å². The highest BCUT2D eigenvalue weighted by atomic mass is 16.1. The maximum Gasteiger partial charge on any atom is 0.223 e. The van der Waals surface area contributed by atoms with Crippen molar-refractivity contribution in [3.63, 3.8) is 0 Å². The van der Waals surface area contributed by atoms with Crippen LogP contribution >= 0.6 is 0 Å². The van der Waals surface area contributed by atoms with E-state index in [1.807, 2.05) is 7.05 Å². The molecule has 0 aliphatic heterocycles. The summed E-state index contributed by atoms with van der Waals surface area (Å²) in [7, 11) is 2.00. The molecule has 4 rings (SSSR count). The summed E-state index contributed by atoms with van der Waals surface area (Å²) in [4.78, 5) is 17.3. The number of nitrogens with zero attached hydrogens (tertiary/aromatic N) is 2. The number of hydrogen-bond acceptors (Lipinski definition) is 2. The number of benzene rings is 2. The van der Waals surface area contributed by atoms with Crippen LogP contribution in [0.2, 0.25) is 0 Å². The van der Waals surface area contributed by atoms with E-state index in [9.17, 15) is 4.79 Å². The van der Waals surface area contributed by atoms with E-state index in [1.165, 1.54) is 16.7 Å². The van der Waals surface area contributed by atoms with E-state index in [0.717, 1.165) is 36.1 Å². The van der Waals surface area contributed by atoms with Crippen molar-refractivity contribution >= 4 is 16.9 Å². The third-order valence-electron chi connectivity index (χ3n) is 5.27. The lowest BCUT2D eigenvalue weighted by atomic mass is 9.83. The molecule has 0 radical (unpaired) electrons. The fraction of sp³-hybridized carbons (Fsp3) is 0.333. The van der Waals surface area contributed by atoms with E-state index in [-0.39, 0.29) is 11.8 Å². The fourth-order valence-corrected chi connectivity index (χ4v) is 3.75. The van der Waals surface area contributed by atoms with Crippen LogP contribution in [0, 0.1) is 12.8 Å². The average molecular weight is 333 g/mol. The molecule has 0 bridgehead atoms. The lowest BCUT2D eigenvalue weighted by Gasteiger charge is -2.23. The minimum Gasteiger partial charge on any atom is -0.349 e. The topological polar surface area (TPSA) is 46.9 Å². The summed E-state index contributed by atoms with van der Waals surface area (Å²) in [6.07, 6.45) is 2.74. The van der Waals surface area contributed by atoms with Gasteiger partial charge in [-0.15, -0.1) is 0 Å². The molecule has 3 aromatic rings. The van der Waals surface area contributed by atoms with Crippen molar-refractivity contribution < 1.29 is 4.79 Å². The summed E-state index contributed by atoms with van der Waals surface area (Å²) >= 11 is 0. The summed E-state index contributed by atoms with van der Waals surface area (Å²) < 4.78 is 2.06. The number of aryl methyl sites for hydroxylation is 3. The second-order valence-corrected chi connectivity index (χ2v) is 7.01. The largest absolute Gasteiger partial charge is 0.349 e. The Balaban J connectivity index is 1.45. The highest BCUT2D eigenvalue weighted by Crippen LogP contribution is 2.25. The standard InChI is InChI=1S/C21H23N3O/c1-14-7-10-19-18(11-14)23-20(24(19)2)13-22-21(25)17-9-8-15-5-3-4-6-16(15)12-17/h3-7,10-11,17H,8-9,12-13H2,1-2H3,(H,22,25). The summed E-state index contributed by atoms with van der Waals surface area (Å²) in [5.74, 6) is 1.09. The molecule has 1 heterocycles. The Labute approximate surface area is 147 Å². The molecule has 0 saturated heterocycles. The van der Waals surface area contributed by atoms with Gasteiger partial charge >= 0.3 is 0 Å². The lowest BCUT2D eigenvalue weighted by Crippen LogP contribution is -2.34. The predicted molar refractivity (Wildman–Crippen MR) is 99.3 cm³/mol. The van der Waals surface area contributed by atoms with E-state index in [2.05, 4.69) is 64.3 Å². The van der Waals surface area contributed by atoms with Crippen LogP contribution < -0.4 is 5.32 Å². The van der Waals surface area contributed by atoms with E-state index in [1.54, 1.807) is 0 Å². The van der Waals surface area contributed by atoms with Gasteiger partial charge in [-0.2, -0.15) is 0 Å². The molecule has 128 valence electrons. The zero-order valence-corrected chi connectivity index (χ0v) is 14.7. The SMILES string of the molecule is Cc1ccc2c(c1)nc(CNC(=O)C1CCc3ccccc3C1)n2C. The molecular weight excluding hydrogens is 310 g/mol. The smallest absolute Gasteiger partial charge is 0.223 e. The number of carbonyl (C=O) groups is 1. The van der Waals surface area contributed by atoms with Gasteiger partial charge in [0.15, 0.2) is 0 Å². The van der Waals surface area contributed by atoms with Crippen molar-refractivity contribution in [2.75, 3.05) is 0 Å². The first-order chi connectivity index (χ1) is 12.1. The quantitative estimate of drug-likeness (QED) is 0.799. The maximum atomic E-state index is 12.6. The highest BCUT2D eigenvalue weighted by molar-refractivity contribution is 5.80. The van der Waals surface area contributed by atoms with E-state index in [0.29, 0.717) is 6.54 Å². The number of carbonyl (C=O) groups excluding carboxylic acids is 1. The Kier molecular flexibility index (Phi) is 4.04. The fourth-order valence-electron chi connectivity index (χ4n) is 3.75. The lowest BCUT2D eigenvalue weighted by molar-refractivity contribution is -0.125. The van der Waals surface area contributed by atoms with Crippen molar-refractivity contribution in [1.82, 2.24) is 14.9 Å². The van der Waals surface area contributed by atoms with Crippen LogP contribution in [-0.4, -0.2) is 15.5 Å². The van der Waals surface area contributed by atoms with Gasteiger partial charge in [0.2, 0.25) is 5.91 Å². The van der Waals surface area contributed by atoms with Crippen LogP contribution in [-0.2, 0) is 31.2 Å². The second kappa shape index (κ2) is 6.36. The molecule has 0 spiro atoms. The average Bonchev–Trinajstić information content (AvgIpc) is 2.94. The Morgan fingerprint density at radius 1 is 1.24 bits per heavy atom. The number of hydrogen-bond donors (Lipinski definition) is 1. The first-order valence-electron chi connectivity index (χ1n) is 8.88. The van der Waals surface area contributed by atoms with Gasteiger partial charge in [0.25, 0.3) is 0 Å². The molecule has 1 aliphatic rings. The monoisotopic (exact) mass is 333 g/mol. The van der Waals surface area contributed by atoms with Gasteiger partial charge in [-0.3, -0.25) is 4.79 Å². The molecule has 1 aromatic heterocycles. The Bertz CT molecular complexity index is 941. The molecule has 0 saturated carbocycles. The first kappa shape index (κ1) is 15.9. The summed E-state index contributed by atoms with van der Waals surface area (Å²) in [5.41, 5.74) is 5.98. The third kappa shape index (κ3) is 3.04. The molecule has 25 heavy (non-hydrogen) atoms. The van der Waals surface area contributed by atoms with Gasteiger partial charge in [-0.25, -0.2) is 4.98 Å². The molecule has 2 aromatic carbocycles. The van der Waals surface area contributed by atoms with Gasteiger partial charge in [0, 0.05) is 13.0 Å². The molecule has 0 fully saturated rings. The number of nitrogens with one attached hydrogen (secondary N) is 1. The highest BCUT2D eigenvalue weighted by Gasteiger charge is 2.24. The van der Waals surface area contributed by atoms with Crippen LogP contribution in [0.1, 0.15) is 28.9 Å². The zero-order valence-electron chi connectivity index (χ0n) is 14.7. The molecule has 1 unspecified atom stereocenters. The van der Waals surface area contributed by atoms with Gasteiger partial charge in [-0.05, 0) is 55.0 Å². The Morgan fingerprint density at radius 3 is 2.88 bits per heavy atom. The second-order valence-electron chi connectivity index (χ2n) is 7.01. The van der Waals surface area contributed by atoms with E-state index < -0.39 is 0 Å². The number of fused-ring (bicyclic) bond motifs is 2. The Morgan fingerprint density at radius 2 is 2.04 bits per heavy atom. The van der Waals surface area contributed by atoms with Crippen molar-refractivity contribution in [2.24, 2.45) is 13.0 Å². The van der Waals surface area contributed by atoms with E-state index in [4.69, 9.17) is 0 Å². The summed E-state index contributed by atoms with van der Waals surface area (Å²) in [6.45, 7) is 2.54. The third-order valence-corrected chi connectivity index (χ3v) is 5.27. The number of imidazole rings is 1. The minimum atomic E-state index is 0.0619. The van der Waals surface area contributed by atoms with Crippen LogP contribution in [0.4, 0.5) is 0 Å². The molecule has 1 N–H and O–H groups in total. The van der Waals surface area contributed by atoms with Crippen LogP contribution in [0.5, 0.6) is 0 Å². The number of aromatic nitrogens is 2. The summed E-state index contributed by atoms with van der Waals surface area (Å²) in [6, 6.07) is 14.7. The van der Waals surface area contributed by atoms with Crippen LogP contribution in [0.25, 0.3) is 11.0 Å². The van der Waals surface area contributed by atoms with Crippen LogP contribution in [0.15, 0.2) is 42.5 Å². The molecule has 4 nitrogen and oxygen atoms in total. The maximum absolute atomic E-state index is 12.6. The predicted octanol–water partition coefficient (Wildman–Crippen LogP) is 3.30. The van der Waals surface area contributed by atoms with Crippen molar-refractivity contribution in [2.45, 2.75) is 32.7 Å². The van der Waals surface area contributed by atoms with Crippen molar-refractivity contribution in [3.8, 4) is 0 Å². The van der Waals surface area contributed by atoms with Gasteiger partial charge in [-0.1, -0.05) is 30.3 Å². The molecule has 1 aliphatic carbocycles. The van der Waals surface area contributed by atoms with Gasteiger partial charge in [0.1, 0.15) is 5.82 Å². The van der Waals surface area contributed by atoms with Gasteiger partial charge in [0.05, 0.1) is 17.6 Å². The molecule has 1 atom stereocenters.